The maximum atomic E-state index is 13.1. The van der Waals surface area contributed by atoms with Crippen LogP contribution in [0.1, 0.15) is 6.42 Å². The molecule has 0 spiro atoms. The summed E-state index contributed by atoms with van der Waals surface area (Å²) in [5.41, 5.74) is 2.09. The molecule has 156 valence electrons. The molecule has 1 heterocycles. The second kappa shape index (κ2) is 9.49. The molecule has 0 radical (unpaired) electrons. The highest BCUT2D eigenvalue weighted by molar-refractivity contribution is 8.15. The number of hydrogen-bond donors (Lipinski definition) is 1. The molecule has 2 amide bonds. The fourth-order valence-corrected chi connectivity index (χ4v) is 4.26. The van der Waals surface area contributed by atoms with Crippen LogP contribution >= 0.6 is 11.8 Å². The number of benzene rings is 3. The highest BCUT2D eigenvalue weighted by Gasteiger charge is 2.36. The molecule has 3 aromatic rings. The molecule has 1 N–H and O–H groups in total. The van der Waals surface area contributed by atoms with E-state index in [-0.39, 0.29) is 18.2 Å². The van der Waals surface area contributed by atoms with E-state index in [0.717, 1.165) is 11.4 Å². The molecule has 31 heavy (non-hydrogen) atoms. The largest absolute Gasteiger partial charge is 0.497 e. The van der Waals surface area contributed by atoms with Gasteiger partial charge in [0, 0.05) is 12.1 Å². The van der Waals surface area contributed by atoms with E-state index in [9.17, 15) is 9.59 Å². The molecule has 3 aromatic carbocycles. The van der Waals surface area contributed by atoms with Gasteiger partial charge in [-0.1, -0.05) is 48.2 Å². The van der Waals surface area contributed by atoms with Crippen molar-refractivity contribution in [3.63, 3.8) is 0 Å². The first-order valence-corrected chi connectivity index (χ1v) is 10.7. The van der Waals surface area contributed by atoms with Crippen molar-refractivity contribution in [3.8, 4) is 5.75 Å². The Balaban J connectivity index is 1.60. The predicted molar refractivity (Wildman–Crippen MR) is 125 cm³/mol. The van der Waals surface area contributed by atoms with E-state index >= 15 is 0 Å². The lowest BCUT2D eigenvalue weighted by atomic mass is 10.2. The lowest BCUT2D eigenvalue weighted by Gasteiger charge is -2.31. The summed E-state index contributed by atoms with van der Waals surface area (Å²) in [6, 6.07) is 25.8. The zero-order chi connectivity index (χ0) is 21.6. The van der Waals surface area contributed by atoms with Gasteiger partial charge in [0.2, 0.25) is 11.8 Å². The monoisotopic (exact) mass is 431 g/mol. The topological polar surface area (TPSA) is 71.0 Å². The van der Waals surface area contributed by atoms with E-state index in [1.807, 2.05) is 60.7 Å². The minimum Gasteiger partial charge on any atom is -0.497 e. The zero-order valence-corrected chi connectivity index (χ0v) is 17.7. The summed E-state index contributed by atoms with van der Waals surface area (Å²) in [5, 5.41) is 2.77. The smallest absolute Gasteiger partial charge is 0.238 e. The molecule has 7 heteroatoms. The molecule has 4 rings (SSSR count). The number of nitrogens with one attached hydrogen (secondary N) is 1. The number of nitrogens with zero attached hydrogens (tertiary/aromatic N) is 2. The maximum Gasteiger partial charge on any atom is 0.238 e. The SMILES string of the molecule is COc1ccc(NC(=O)C2CC(=O)N(c3ccccc3)C(=Nc3ccccc3)S2)cc1. The van der Waals surface area contributed by atoms with Crippen molar-refractivity contribution in [3.05, 3.63) is 84.9 Å². The highest BCUT2D eigenvalue weighted by Crippen LogP contribution is 2.33. The summed E-state index contributed by atoms with van der Waals surface area (Å²) >= 11 is 1.29. The van der Waals surface area contributed by atoms with Crippen LogP contribution < -0.4 is 15.0 Å². The van der Waals surface area contributed by atoms with Gasteiger partial charge in [-0.3, -0.25) is 14.5 Å². The van der Waals surface area contributed by atoms with Crippen LogP contribution in [0, 0.1) is 0 Å². The lowest BCUT2D eigenvalue weighted by Crippen LogP contribution is -2.45. The number of amidine groups is 1. The normalized spacial score (nSPS) is 17.5. The highest BCUT2D eigenvalue weighted by atomic mass is 32.2. The van der Waals surface area contributed by atoms with Gasteiger partial charge in [0.1, 0.15) is 11.0 Å². The average molecular weight is 432 g/mol. The van der Waals surface area contributed by atoms with Crippen LogP contribution in [-0.4, -0.2) is 29.3 Å². The van der Waals surface area contributed by atoms with E-state index in [4.69, 9.17) is 4.74 Å². The number of hydrogen-bond acceptors (Lipinski definition) is 5. The van der Waals surface area contributed by atoms with Crippen LogP contribution in [-0.2, 0) is 9.59 Å². The second-order valence-corrected chi connectivity index (χ2v) is 7.99. The molecular weight excluding hydrogens is 410 g/mol. The molecule has 0 aromatic heterocycles. The second-order valence-electron chi connectivity index (χ2n) is 6.82. The number of carbonyl (C=O) groups excluding carboxylic acids is 2. The van der Waals surface area contributed by atoms with Gasteiger partial charge in [0.15, 0.2) is 5.17 Å². The molecule has 0 aliphatic carbocycles. The van der Waals surface area contributed by atoms with Crippen molar-refractivity contribution in [2.24, 2.45) is 4.99 Å². The minimum absolute atomic E-state index is 0.0787. The average Bonchev–Trinajstić information content (AvgIpc) is 2.80. The molecule has 1 aliphatic rings. The van der Waals surface area contributed by atoms with Crippen LogP contribution in [0.3, 0.4) is 0 Å². The van der Waals surface area contributed by atoms with Crippen LogP contribution in [0.25, 0.3) is 0 Å². The lowest BCUT2D eigenvalue weighted by molar-refractivity contribution is -0.121. The molecule has 1 saturated heterocycles. The van der Waals surface area contributed by atoms with Crippen LogP contribution in [0.4, 0.5) is 17.1 Å². The molecular formula is C24H21N3O3S. The number of amides is 2. The third kappa shape index (κ3) is 4.95. The van der Waals surface area contributed by atoms with Crippen molar-refractivity contribution >= 4 is 45.8 Å². The molecule has 1 unspecified atom stereocenters. The van der Waals surface area contributed by atoms with E-state index < -0.39 is 5.25 Å². The summed E-state index contributed by atoms with van der Waals surface area (Å²) in [4.78, 5) is 32.3. The van der Waals surface area contributed by atoms with Gasteiger partial charge >= 0.3 is 0 Å². The van der Waals surface area contributed by atoms with E-state index in [0.29, 0.717) is 16.6 Å². The third-order valence-corrected chi connectivity index (χ3v) is 5.84. The van der Waals surface area contributed by atoms with Crippen LogP contribution in [0.2, 0.25) is 0 Å². The van der Waals surface area contributed by atoms with E-state index in [2.05, 4.69) is 10.3 Å². The molecule has 1 atom stereocenters. The number of aliphatic imine (C=N–C) groups is 1. The quantitative estimate of drug-likeness (QED) is 0.626. The summed E-state index contributed by atoms with van der Waals surface area (Å²) < 4.78 is 5.15. The van der Waals surface area contributed by atoms with Crippen LogP contribution in [0.5, 0.6) is 5.75 Å². The molecule has 6 nitrogen and oxygen atoms in total. The third-order valence-electron chi connectivity index (χ3n) is 4.69. The molecule has 1 aliphatic heterocycles. The van der Waals surface area contributed by atoms with Crippen molar-refractivity contribution in [2.75, 3.05) is 17.3 Å². The maximum absolute atomic E-state index is 13.1. The van der Waals surface area contributed by atoms with Crippen molar-refractivity contribution in [1.29, 1.82) is 0 Å². The van der Waals surface area contributed by atoms with Crippen molar-refractivity contribution in [2.45, 2.75) is 11.7 Å². The Morgan fingerprint density at radius 2 is 1.65 bits per heavy atom. The molecule has 1 fully saturated rings. The zero-order valence-electron chi connectivity index (χ0n) is 16.9. The van der Waals surface area contributed by atoms with Gasteiger partial charge in [0.25, 0.3) is 0 Å². The first kappa shape index (κ1) is 20.7. The summed E-state index contributed by atoms with van der Waals surface area (Å²) in [6.07, 6.45) is 0.0787. The predicted octanol–water partition coefficient (Wildman–Crippen LogP) is 4.86. The summed E-state index contributed by atoms with van der Waals surface area (Å²) in [6.45, 7) is 0. The number of methoxy groups -OCH3 is 1. The van der Waals surface area contributed by atoms with Gasteiger partial charge in [-0.2, -0.15) is 0 Å². The van der Waals surface area contributed by atoms with E-state index in [1.165, 1.54) is 11.8 Å². The number of para-hydroxylation sites is 2. The minimum atomic E-state index is -0.586. The Bertz CT molecular complexity index is 1090. The number of carbonyl (C=O) groups is 2. The van der Waals surface area contributed by atoms with Gasteiger partial charge in [-0.25, -0.2) is 4.99 Å². The fraction of sp³-hybridized carbons (Fsp3) is 0.125. The Morgan fingerprint density at radius 3 is 2.29 bits per heavy atom. The summed E-state index contributed by atoms with van der Waals surface area (Å²) in [7, 11) is 1.59. The Kier molecular flexibility index (Phi) is 6.33. The summed E-state index contributed by atoms with van der Waals surface area (Å²) in [5.74, 6) is 0.294. The van der Waals surface area contributed by atoms with Crippen molar-refractivity contribution in [1.82, 2.24) is 0 Å². The Hall–Kier alpha value is -3.58. The van der Waals surface area contributed by atoms with Crippen LogP contribution in [0.15, 0.2) is 89.9 Å². The van der Waals surface area contributed by atoms with E-state index in [1.54, 1.807) is 36.3 Å². The standard InChI is InChI=1S/C24H21N3O3S/c1-30-20-14-12-18(13-15-20)25-23(29)21-16-22(28)27(19-10-6-3-7-11-19)24(31-21)26-17-8-4-2-5-9-17/h2-15,21H,16H2,1H3,(H,25,29). The Labute approximate surface area is 184 Å². The molecule has 0 saturated carbocycles. The first-order chi connectivity index (χ1) is 15.1. The van der Waals surface area contributed by atoms with Gasteiger partial charge < -0.3 is 10.1 Å². The number of ether oxygens (including phenoxy) is 1. The fourth-order valence-electron chi connectivity index (χ4n) is 3.14. The van der Waals surface area contributed by atoms with Gasteiger partial charge in [-0.05, 0) is 48.5 Å². The van der Waals surface area contributed by atoms with Gasteiger partial charge in [0.05, 0.1) is 18.5 Å². The molecule has 0 bridgehead atoms. The first-order valence-electron chi connectivity index (χ1n) is 9.77. The van der Waals surface area contributed by atoms with Crippen molar-refractivity contribution < 1.29 is 14.3 Å². The van der Waals surface area contributed by atoms with Gasteiger partial charge in [-0.15, -0.1) is 0 Å². The number of anilines is 2. The number of thioether (sulfide) groups is 1. The Morgan fingerprint density at radius 1 is 1.00 bits per heavy atom. The number of rotatable bonds is 5.